The Morgan fingerprint density at radius 1 is 0.917 bits per heavy atom. The molecule has 0 unspecified atom stereocenters. The van der Waals surface area contributed by atoms with Crippen molar-refractivity contribution in [2.45, 2.75) is 6.54 Å². The van der Waals surface area contributed by atoms with Crippen LogP contribution in [0.5, 0.6) is 17.2 Å². The number of benzene rings is 3. The third kappa shape index (κ3) is 4.75. The molecule has 186 valence electrons. The summed E-state index contributed by atoms with van der Waals surface area (Å²) in [5.41, 5.74) is 5.16. The Balaban J connectivity index is 1.20. The van der Waals surface area contributed by atoms with E-state index in [1.807, 2.05) is 47.4 Å². The second kappa shape index (κ2) is 10.3. The molecule has 0 saturated carbocycles. The standard InChI is InChI=1S/C29H31N3O4/c1-35-26-18-21(19-27(36-2)28(26)33)20-30-14-16-31(17-15-30)29(34)23-9-11-24(12-10-23)32-13-5-7-22-6-3-4-8-25(22)32/h3-12,18-19,33H,13-17,20H2,1-2H3. The van der Waals surface area contributed by atoms with E-state index in [1.165, 1.54) is 25.5 Å². The molecule has 7 heteroatoms. The molecule has 0 aromatic heterocycles. The van der Waals surface area contributed by atoms with Crippen molar-refractivity contribution in [1.29, 1.82) is 0 Å². The molecule has 1 saturated heterocycles. The minimum atomic E-state index is 0.00569. The largest absolute Gasteiger partial charge is 0.502 e. The van der Waals surface area contributed by atoms with Crippen LogP contribution in [0.3, 0.4) is 0 Å². The van der Waals surface area contributed by atoms with Crippen LogP contribution in [0.25, 0.3) is 6.08 Å². The van der Waals surface area contributed by atoms with Crippen LogP contribution in [0.2, 0.25) is 0 Å². The molecule has 0 atom stereocenters. The van der Waals surface area contributed by atoms with Crippen LogP contribution in [0.1, 0.15) is 21.5 Å². The summed E-state index contributed by atoms with van der Waals surface area (Å²) in [5, 5.41) is 10.1. The fourth-order valence-corrected chi connectivity index (χ4v) is 4.88. The third-order valence-electron chi connectivity index (χ3n) is 6.84. The van der Waals surface area contributed by atoms with Crippen LogP contribution in [-0.4, -0.2) is 67.8 Å². The van der Waals surface area contributed by atoms with E-state index in [2.05, 4.69) is 40.2 Å². The lowest BCUT2D eigenvalue weighted by molar-refractivity contribution is 0.0628. The van der Waals surface area contributed by atoms with E-state index in [9.17, 15) is 9.90 Å². The van der Waals surface area contributed by atoms with Crippen LogP contribution in [0.4, 0.5) is 11.4 Å². The zero-order valence-electron chi connectivity index (χ0n) is 20.7. The Morgan fingerprint density at radius 3 is 2.25 bits per heavy atom. The van der Waals surface area contributed by atoms with Crippen molar-refractivity contribution in [3.63, 3.8) is 0 Å². The number of anilines is 2. The summed E-state index contributed by atoms with van der Waals surface area (Å²) in [7, 11) is 3.05. The number of phenolic OH excluding ortho intramolecular Hbond substituents is 1. The number of methoxy groups -OCH3 is 2. The van der Waals surface area contributed by atoms with Gasteiger partial charge in [-0.3, -0.25) is 9.69 Å². The number of fused-ring (bicyclic) bond motifs is 1. The number of para-hydroxylation sites is 1. The number of rotatable bonds is 6. The van der Waals surface area contributed by atoms with Crippen LogP contribution < -0.4 is 14.4 Å². The van der Waals surface area contributed by atoms with E-state index in [-0.39, 0.29) is 11.7 Å². The Labute approximate surface area is 211 Å². The van der Waals surface area contributed by atoms with Gasteiger partial charge in [0, 0.05) is 56.2 Å². The van der Waals surface area contributed by atoms with Gasteiger partial charge in [0.15, 0.2) is 11.5 Å². The number of carbonyl (C=O) groups is 1. The average Bonchev–Trinajstić information content (AvgIpc) is 2.93. The fourth-order valence-electron chi connectivity index (χ4n) is 4.88. The van der Waals surface area contributed by atoms with Gasteiger partial charge in [0.25, 0.3) is 5.91 Å². The molecule has 1 amide bonds. The minimum absolute atomic E-state index is 0.00569. The van der Waals surface area contributed by atoms with E-state index in [4.69, 9.17) is 9.47 Å². The summed E-state index contributed by atoms with van der Waals surface area (Å²) in [6, 6.07) is 19.9. The van der Waals surface area contributed by atoms with Crippen molar-refractivity contribution in [2.75, 3.05) is 51.8 Å². The predicted octanol–water partition coefficient (Wildman–Crippen LogP) is 4.53. The highest BCUT2D eigenvalue weighted by atomic mass is 16.5. The lowest BCUT2D eigenvalue weighted by atomic mass is 10.1. The summed E-state index contributed by atoms with van der Waals surface area (Å²) >= 11 is 0. The average molecular weight is 486 g/mol. The van der Waals surface area contributed by atoms with Crippen molar-refractivity contribution in [1.82, 2.24) is 9.80 Å². The number of hydrogen-bond donors (Lipinski definition) is 1. The first kappa shape index (κ1) is 23.8. The molecule has 2 aliphatic heterocycles. The maximum absolute atomic E-state index is 13.2. The van der Waals surface area contributed by atoms with Gasteiger partial charge in [-0.05, 0) is 53.6 Å². The van der Waals surface area contributed by atoms with Crippen LogP contribution in [0.15, 0.2) is 66.7 Å². The van der Waals surface area contributed by atoms with Crippen LogP contribution in [-0.2, 0) is 6.54 Å². The number of carbonyl (C=O) groups excluding carboxylic acids is 1. The number of phenols is 1. The normalized spacial score (nSPS) is 15.5. The predicted molar refractivity (Wildman–Crippen MR) is 141 cm³/mol. The van der Waals surface area contributed by atoms with Gasteiger partial charge in [0.2, 0.25) is 5.75 Å². The first-order valence-electron chi connectivity index (χ1n) is 12.2. The molecule has 0 bridgehead atoms. The molecular formula is C29H31N3O4. The van der Waals surface area contributed by atoms with Gasteiger partial charge in [-0.25, -0.2) is 0 Å². The first-order valence-corrected chi connectivity index (χ1v) is 12.2. The molecule has 0 spiro atoms. The van der Waals surface area contributed by atoms with Gasteiger partial charge < -0.3 is 24.4 Å². The van der Waals surface area contributed by atoms with Crippen molar-refractivity contribution in [3.05, 3.63) is 83.4 Å². The summed E-state index contributed by atoms with van der Waals surface area (Å²) in [5.74, 6) is 0.857. The fraction of sp³-hybridized carbons (Fsp3) is 0.276. The van der Waals surface area contributed by atoms with Gasteiger partial charge in [-0.15, -0.1) is 0 Å². The van der Waals surface area contributed by atoms with Gasteiger partial charge in [-0.1, -0.05) is 30.4 Å². The number of hydrogen-bond acceptors (Lipinski definition) is 6. The number of ether oxygens (including phenoxy) is 2. The highest BCUT2D eigenvalue weighted by Crippen LogP contribution is 2.37. The topological polar surface area (TPSA) is 65.5 Å². The number of piperazine rings is 1. The van der Waals surface area contributed by atoms with Gasteiger partial charge in [0.05, 0.1) is 14.2 Å². The molecule has 1 fully saturated rings. The Bertz CT molecular complexity index is 1240. The van der Waals surface area contributed by atoms with E-state index >= 15 is 0 Å². The minimum Gasteiger partial charge on any atom is -0.502 e. The van der Waals surface area contributed by atoms with Crippen LogP contribution in [0, 0.1) is 0 Å². The van der Waals surface area contributed by atoms with Crippen LogP contribution >= 0.6 is 0 Å². The molecule has 3 aromatic carbocycles. The lowest BCUT2D eigenvalue weighted by Crippen LogP contribution is -2.48. The zero-order valence-corrected chi connectivity index (χ0v) is 20.7. The van der Waals surface area contributed by atoms with Crippen molar-refractivity contribution >= 4 is 23.4 Å². The summed E-state index contributed by atoms with van der Waals surface area (Å²) in [4.78, 5) is 19.6. The number of aromatic hydroxyl groups is 1. The molecule has 3 aromatic rings. The summed E-state index contributed by atoms with van der Waals surface area (Å²) < 4.78 is 10.5. The summed E-state index contributed by atoms with van der Waals surface area (Å²) in [6.45, 7) is 4.37. The summed E-state index contributed by atoms with van der Waals surface area (Å²) in [6.07, 6.45) is 4.31. The lowest BCUT2D eigenvalue weighted by Gasteiger charge is -2.35. The van der Waals surface area contributed by atoms with Crippen molar-refractivity contribution in [2.24, 2.45) is 0 Å². The molecular weight excluding hydrogens is 454 g/mol. The highest BCUT2D eigenvalue weighted by Gasteiger charge is 2.23. The molecule has 36 heavy (non-hydrogen) atoms. The molecule has 5 rings (SSSR count). The Hall–Kier alpha value is -3.97. The van der Waals surface area contributed by atoms with E-state index in [0.717, 1.165) is 30.9 Å². The van der Waals surface area contributed by atoms with Gasteiger partial charge in [0.1, 0.15) is 0 Å². The first-order chi connectivity index (χ1) is 17.6. The van der Waals surface area contributed by atoms with Gasteiger partial charge in [-0.2, -0.15) is 0 Å². The molecule has 7 nitrogen and oxygen atoms in total. The molecule has 0 aliphatic carbocycles. The Kier molecular flexibility index (Phi) is 6.82. The zero-order chi connectivity index (χ0) is 25.1. The second-order valence-corrected chi connectivity index (χ2v) is 9.04. The van der Waals surface area contributed by atoms with E-state index in [0.29, 0.717) is 36.7 Å². The second-order valence-electron chi connectivity index (χ2n) is 9.04. The molecule has 0 radical (unpaired) electrons. The third-order valence-corrected chi connectivity index (χ3v) is 6.84. The molecule has 2 heterocycles. The number of amides is 1. The maximum atomic E-state index is 13.2. The van der Waals surface area contributed by atoms with Gasteiger partial charge >= 0.3 is 0 Å². The van der Waals surface area contributed by atoms with Crippen molar-refractivity contribution in [3.8, 4) is 17.2 Å². The van der Waals surface area contributed by atoms with Crippen molar-refractivity contribution < 1.29 is 19.4 Å². The van der Waals surface area contributed by atoms with E-state index < -0.39 is 0 Å². The number of nitrogens with zero attached hydrogens (tertiary/aromatic N) is 3. The smallest absolute Gasteiger partial charge is 0.253 e. The monoisotopic (exact) mass is 485 g/mol. The SMILES string of the molecule is COc1cc(CN2CCN(C(=O)c3ccc(N4CC=Cc5ccccc54)cc3)CC2)cc(OC)c1O. The Morgan fingerprint density at radius 2 is 1.58 bits per heavy atom. The van der Waals surface area contributed by atoms with E-state index in [1.54, 1.807) is 0 Å². The highest BCUT2D eigenvalue weighted by molar-refractivity contribution is 5.95. The molecule has 2 aliphatic rings. The maximum Gasteiger partial charge on any atom is 0.253 e. The quantitative estimate of drug-likeness (QED) is 0.553. The molecule has 1 N–H and O–H groups in total.